The first kappa shape index (κ1) is 19.1. The third-order valence-electron chi connectivity index (χ3n) is 4.67. The monoisotopic (exact) mass is 384 g/mol. The van der Waals surface area contributed by atoms with E-state index in [-0.39, 0.29) is 30.1 Å². The van der Waals surface area contributed by atoms with E-state index in [4.69, 9.17) is 11.6 Å². The van der Waals surface area contributed by atoms with Crippen LogP contribution >= 0.6 is 11.6 Å². The zero-order valence-corrected chi connectivity index (χ0v) is 16.0. The summed E-state index contributed by atoms with van der Waals surface area (Å²) in [6, 6.07) is 13.7. The van der Waals surface area contributed by atoms with Gasteiger partial charge in [-0.15, -0.1) is 0 Å². The maximum absolute atomic E-state index is 12.8. The van der Waals surface area contributed by atoms with Gasteiger partial charge in [-0.2, -0.15) is 0 Å². The molecule has 140 valence electrons. The maximum Gasteiger partial charge on any atom is 0.229 e. The number of anilines is 1. The van der Waals surface area contributed by atoms with Gasteiger partial charge in [-0.3, -0.25) is 14.4 Å². The van der Waals surface area contributed by atoms with Crippen molar-refractivity contribution in [3.05, 3.63) is 64.7 Å². The van der Waals surface area contributed by atoms with Crippen molar-refractivity contribution in [2.24, 2.45) is 5.92 Å². The van der Waals surface area contributed by atoms with Crippen molar-refractivity contribution in [1.29, 1.82) is 0 Å². The molecule has 2 amide bonds. The Labute approximate surface area is 163 Å². The summed E-state index contributed by atoms with van der Waals surface area (Å²) in [5.41, 5.74) is 1.23. The van der Waals surface area contributed by atoms with Crippen LogP contribution in [0.2, 0.25) is 5.02 Å². The topological polar surface area (TPSA) is 66.5 Å². The van der Waals surface area contributed by atoms with E-state index < -0.39 is 5.92 Å². The van der Waals surface area contributed by atoms with Gasteiger partial charge < -0.3 is 10.2 Å². The molecule has 0 aliphatic carbocycles. The third kappa shape index (κ3) is 4.19. The number of rotatable bonds is 5. The minimum Gasteiger partial charge on any atom is -0.339 e. The average molecular weight is 385 g/mol. The molecule has 1 atom stereocenters. The fourth-order valence-electron chi connectivity index (χ4n) is 3.20. The molecular formula is C21H21ClN2O3. The molecule has 2 aromatic rings. The second-order valence-corrected chi connectivity index (χ2v) is 7.35. The number of nitrogens with one attached hydrogen (secondary N) is 1. The Morgan fingerprint density at radius 3 is 2.48 bits per heavy atom. The zero-order valence-electron chi connectivity index (χ0n) is 15.2. The lowest BCUT2D eigenvalue weighted by atomic mass is 10.0. The summed E-state index contributed by atoms with van der Waals surface area (Å²) in [6.45, 7) is 4.24. The molecule has 0 unspecified atom stereocenters. The van der Waals surface area contributed by atoms with Gasteiger partial charge in [0.15, 0.2) is 5.78 Å². The molecule has 1 saturated heterocycles. The van der Waals surface area contributed by atoms with Crippen molar-refractivity contribution in [2.75, 3.05) is 11.9 Å². The van der Waals surface area contributed by atoms with Crippen LogP contribution in [0.15, 0.2) is 48.5 Å². The minimum absolute atomic E-state index is 0.0261. The standard InChI is InChI=1S/C21H21ClN2O3/c1-13(2)24-12-15(10-19(24)25)21(27)23-18-9-8-16(22)11-17(18)20(26)14-6-4-3-5-7-14/h3-9,11,13,15H,10,12H2,1-2H3,(H,23,27)/t15-/m1/s1. The molecule has 1 aliphatic heterocycles. The largest absolute Gasteiger partial charge is 0.339 e. The van der Waals surface area contributed by atoms with Gasteiger partial charge in [-0.05, 0) is 32.0 Å². The molecule has 1 heterocycles. The summed E-state index contributed by atoms with van der Waals surface area (Å²) in [4.78, 5) is 39.3. The minimum atomic E-state index is -0.435. The highest BCUT2D eigenvalue weighted by atomic mass is 35.5. The van der Waals surface area contributed by atoms with Crippen LogP contribution in [0.4, 0.5) is 5.69 Å². The lowest BCUT2D eigenvalue weighted by molar-refractivity contribution is -0.129. The first-order chi connectivity index (χ1) is 12.9. The molecule has 5 nitrogen and oxygen atoms in total. The third-order valence-corrected chi connectivity index (χ3v) is 4.91. The first-order valence-corrected chi connectivity index (χ1v) is 9.24. The molecule has 0 radical (unpaired) electrons. The van der Waals surface area contributed by atoms with Crippen molar-refractivity contribution < 1.29 is 14.4 Å². The number of hydrogen-bond donors (Lipinski definition) is 1. The van der Waals surface area contributed by atoms with E-state index in [1.807, 2.05) is 19.9 Å². The van der Waals surface area contributed by atoms with Crippen LogP contribution in [0.3, 0.4) is 0 Å². The molecule has 0 aromatic heterocycles. The lowest BCUT2D eigenvalue weighted by Crippen LogP contribution is -2.33. The SMILES string of the molecule is CC(C)N1C[C@H](C(=O)Nc2ccc(Cl)cc2C(=O)c2ccccc2)CC1=O. The Morgan fingerprint density at radius 1 is 1.15 bits per heavy atom. The predicted molar refractivity (Wildman–Crippen MR) is 105 cm³/mol. The number of benzene rings is 2. The quantitative estimate of drug-likeness (QED) is 0.798. The highest BCUT2D eigenvalue weighted by Crippen LogP contribution is 2.26. The lowest BCUT2D eigenvalue weighted by Gasteiger charge is -2.21. The van der Waals surface area contributed by atoms with E-state index in [2.05, 4.69) is 5.32 Å². The van der Waals surface area contributed by atoms with Gasteiger partial charge in [0, 0.05) is 35.2 Å². The molecule has 1 fully saturated rings. The Balaban J connectivity index is 1.82. The van der Waals surface area contributed by atoms with Crippen molar-refractivity contribution in [2.45, 2.75) is 26.3 Å². The average Bonchev–Trinajstić information content (AvgIpc) is 3.05. The van der Waals surface area contributed by atoms with Crippen LogP contribution in [0.25, 0.3) is 0 Å². The Kier molecular flexibility index (Phi) is 5.61. The number of hydrogen-bond acceptors (Lipinski definition) is 3. The van der Waals surface area contributed by atoms with Gasteiger partial charge >= 0.3 is 0 Å². The molecular weight excluding hydrogens is 364 g/mol. The second kappa shape index (κ2) is 7.92. The van der Waals surface area contributed by atoms with Crippen molar-refractivity contribution in [1.82, 2.24) is 4.90 Å². The van der Waals surface area contributed by atoms with Gasteiger partial charge in [0.2, 0.25) is 11.8 Å². The van der Waals surface area contributed by atoms with Crippen molar-refractivity contribution in [3.63, 3.8) is 0 Å². The molecule has 2 aromatic carbocycles. The van der Waals surface area contributed by atoms with Crippen molar-refractivity contribution in [3.8, 4) is 0 Å². The van der Waals surface area contributed by atoms with Gasteiger partial charge in [0.05, 0.1) is 11.6 Å². The van der Waals surface area contributed by atoms with Gasteiger partial charge in [0.1, 0.15) is 0 Å². The van der Waals surface area contributed by atoms with Crippen LogP contribution in [-0.4, -0.2) is 35.1 Å². The van der Waals surface area contributed by atoms with Crippen LogP contribution < -0.4 is 5.32 Å². The second-order valence-electron chi connectivity index (χ2n) is 6.92. The summed E-state index contributed by atoms with van der Waals surface area (Å²) >= 11 is 6.07. The van der Waals surface area contributed by atoms with E-state index in [1.165, 1.54) is 0 Å². The summed E-state index contributed by atoms with van der Waals surface area (Å²) < 4.78 is 0. The van der Waals surface area contributed by atoms with Crippen LogP contribution in [0.5, 0.6) is 0 Å². The Morgan fingerprint density at radius 2 is 1.85 bits per heavy atom. The van der Waals surface area contributed by atoms with Crippen LogP contribution in [0.1, 0.15) is 36.2 Å². The molecule has 27 heavy (non-hydrogen) atoms. The number of carbonyl (C=O) groups excluding carboxylic acids is 3. The molecule has 1 aliphatic rings. The summed E-state index contributed by atoms with van der Waals surface area (Å²) in [5.74, 6) is -0.951. The van der Waals surface area contributed by atoms with E-state index in [1.54, 1.807) is 47.4 Å². The highest BCUT2D eigenvalue weighted by Gasteiger charge is 2.35. The maximum atomic E-state index is 12.8. The molecule has 1 N–H and O–H groups in total. The predicted octanol–water partition coefficient (Wildman–Crippen LogP) is 3.77. The van der Waals surface area contributed by atoms with Gasteiger partial charge in [-0.25, -0.2) is 0 Å². The Bertz CT molecular complexity index is 880. The van der Waals surface area contributed by atoms with Gasteiger partial charge in [-0.1, -0.05) is 41.9 Å². The van der Waals surface area contributed by atoms with E-state index in [0.717, 1.165) is 0 Å². The summed E-state index contributed by atoms with van der Waals surface area (Å²) in [6.07, 6.45) is 0.180. The number of carbonyl (C=O) groups is 3. The fourth-order valence-corrected chi connectivity index (χ4v) is 3.37. The summed E-state index contributed by atoms with van der Waals surface area (Å²) in [7, 11) is 0. The molecule has 6 heteroatoms. The van der Waals surface area contributed by atoms with E-state index >= 15 is 0 Å². The first-order valence-electron chi connectivity index (χ1n) is 8.86. The zero-order chi connectivity index (χ0) is 19.6. The smallest absolute Gasteiger partial charge is 0.229 e. The summed E-state index contributed by atoms with van der Waals surface area (Å²) in [5, 5.41) is 3.22. The van der Waals surface area contributed by atoms with Crippen LogP contribution in [0, 0.1) is 5.92 Å². The molecule has 3 rings (SSSR count). The fraction of sp³-hybridized carbons (Fsp3) is 0.286. The molecule has 0 bridgehead atoms. The van der Waals surface area contributed by atoms with E-state index in [0.29, 0.717) is 28.4 Å². The number of halogens is 1. The Hall–Kier alpha value is -2.66. The molecule has 0 saturated carbocycles. The highest BCUT2D eigenvalue weighted by molar-refractivity contribution is 6.31. The molecule has 0 spiro atoms. The van der Waals surface area contributed by atoms with Crippen molar-refractivity contribution >= 4 is 34.9 Å². The van der Waals surface area contributed by atoms with Crippen LogP contribution in [-0.2, 0) is 9.59 Å². The van der Waals surface area contributed by atoms with Gasteiger partial charge in [0.25, 0.3) is 0 Å². The number of ketones is 1. The number of nitrogens with zero attached hydrogens (tertiary/aromatic N) is 1. The van der Waals surface area contributed by atoms with E-state index in [9.17, 15) is 14.4 Å². The number of likely N-dealkylation sites (tertiary alicyclic amines) is 1. The number of amides is 2. The normalized spacial score (nSPS) is 16.7.